The Morgan fingerprint density at radius 3 is 2.43 bits per heavy atom. The van der Waals surface area contributed by atoms with Crippen LogP contribution in [0.5, 0.6) is 0 Å². The number of halogens is 1. The van der Waals surface area contributed by atoms with Crippen molar-refractivity contribution in [3.63, 3.8) is 0 Å². The van der Waals surface area contributed by atoms with Crippen molar-refractivity contribution in [2.75, 3.05) is 5.75 Å². The number of rotatable bonds is 10. The van der Waals surface area contributed by atoms with Gasteiger partial charge < -0.3 is 10.2 Å². The summed E-state index contributed by atoms with van der Waals surface area (Å²) in [5, 5.41) is 3.00. The molecule has 2 amide bonds. The van der Waals surface area contributed by atoms with Crippen molar-refractivity contribution in [3.05, 3.63) is 69.7 Å². The first-order chi connectivity index (χ1) is 14.3. The van der Waals surface area contributed by atoms with E-state index in [1.807, 2.05) is 70.2 Å². The zero-order valence-electron chi connectivity index (χ0n) is 18.2. The van der Waals surface area contributed by atoms with Crippen LogP contribution in [0.25, 0.3) is 0 Å². The SMILES string of the molecule is CC[C@H](C)NC(=O)[C@H](C)N(Cc1cccc(C)c1)C(=O)CSCc1ccc(Br)cc1. The molecule has 6 heteroatoms. The maximum Gasteiger partial charge on any atom is 0.242 e. The molecule has 0 saturated heterocycles. The standard InChI is InChI=1S/C24H31BrN2O2S/c1-5-18(3)26-24(29)19(4)27(14-21-8-6-7-17(2)13-21)23(28)16-30-15-20-9-11-22(25)12-10-20/h6-13,18-19H,5,14-16H2,1-4H3,(H,26,29)/t18-,19-/m0/s1. The van der Waals surface area contributed by atoms with Crippen LogP contribution in [-0.4, -0.2) is 34.6 Å². The Morgan fingerprint density at radius 1 is 1.10 bits per heavy atom. The number of nitrogens with zero attached hydrogens (tertiary/aromatic N) is 1. The van der Waals surface area contributed by atoms with Crippen LogP contribution in [0, 0.1) is 6.92 Å². The Morgan fingerprint density at radius 2 is 1.80 bits per heavy atom. The van der Waals surface area contributed by atoms with Crippen LogP contribution in [0.4, 0.5) is 0 Å². The zero-order chi connectivity index (χ0) is 22.1. The van der Waals surface area contributed by atoms with E-state index < -0.39 is 6.04 Å². The fraction of sp³-hybridized carbons (Fsp3) is 0.417. The maximum absolute atomic E-state index is 13.1. The average molecular weight is 491 g/mol. The molecule has 0 fully saturated rings. The highest BCUT2D eigenvalue weighted by Crippen LogP contribution is 2.18. The molecule has 0 aliphatic rings. The van der Waals surface area contributed by atoms with Gasteiger partial charge in [0.25, 0.3) is 0 Å². The van der Waals surface area contributed by atoms with Gasteiger partial charge >= 0.3 is 0 Å². The minimum Gasteiger partial charge on any atom is -0.352 e. The second kappa shape index (κ2) is 12.2. The first-order valence-corrected chi connectivity index (χ1v) is 12.2. The van der Waals surface area contributed by atoms with Crippen molar-refractivity contribution in [3.8, 4) is 0 Å². The first kappa shape index (κ1) is 24.5. The van der Waals surface area contributed by atoms with Crippen LogP contribution in [0.2, 0.25) is 0 Å². The lowest BCUT2D eigenvalue weighted by atomic mass is 10.1. The predicted octanol–water partition coefficient (Wildman–Crippen LogP) is 5.32. The third kappa shape index (κ3) is 7.80. The van der Waals surface area contributed by atoms with E-state index in [0.29, 0.717) is 12.3 Å². The van der Waals surface area contributed by atoms with E-state index in [9.17, 15) is 9.59 Å². The molecule has 2 aromatic carbocycles. The minimum atomic E-state index is -0.528. The van der Waals surface area contributed by atoms with Crippen molar-refractivity contribution in [2.24, 2.45) is 0 Å². The number of nitrogens with one attached hydrogen (secondary N) is 1. The molecule has 2 atom stereocenters. The van der Waals surface area contributed by atoms with Gasteiger partial charge in [0, 0.05) is 22.8 Å². The van der Waals surface area contributed by atoms with E-state index in [4.69, 9.17) is 0 Å². The van der Waals surface area contributed by atoms with Gasteiger partial charge in [-0.25, -0.2) is 0 Å². The number of amides is 2. The number of aryl methyl sites for hydroxylation is 1. The van der Waals surface area contributed by atoms with Crippen LogP contribution in [0.3, 0.4) is 0 Å². The van der Waals surface area contributed by atoms with Crippen LogP contribution in [0.15, 0.2) is 53.0 Å². The summed E-state index contributed by atoms with van der Waals surface area (Å²) in [6, 6.07) is 15.7. The Labute approximate surface area is 192 Å². The number of benzene rings is 2. The molecule has 0 aliphatic carbocycles. The summed E-state index contributed by atoms with van der Waals surface area (Å²) in [5.41, 5.74) is 3.34. The Hall–Kier alpha value is -1.79. The number of hydrogen-bond acceptors (Lipinski definition) is 3. The average Bonchev–Trinajstić information content (AvgIpc) is 2.72. The summed E-state index contributed by atoms with van der Waals surface area (Å²) in [7, 11) is 0. The van der Waals surface area contributed by atoms with Gasteiger partial charge in [0.15, 0.2) is 0 Å². The Balaban J connectivity index is 2.07. The molecule has 0 radical (unpaired) electrons. The fourth-order valence-corrected chi connectivity index (χ4v) is 4.11. The summed E-state index contributed by atoms with van der Waals surface area (Å²) in [5.74, 6) is 0.960. The van der Waals surface area contributed by atoms with Crippen LogP contribution in [0.1, 0.15) is 43.9 Å². The van der Waals surface area contributed by atoms with E-state index >= 15 is 0 Å². The molecule has 0 spiro atoms. The lowest BCUT2D eigenvalue weighted by molar-refractivity contribution is -0.138. The summed E-state index contributed by atoms with van der Waals surface area (Å²) in [4.78, 5) is 27.5. The van der Waals surface area contributed by atoms with Crippen molar-refractivity contribution < 1.29 is 9.59 Å². The third-order valence-corrected chi connectivity index (χ3v) is 6.53. The predicted molar refractivity (Wildman–Crippen MR) is 129 cm³/mol. The molecule has 0 bridgehead atoms. The second-order valence-corrected chi connectivity index (χ2v) is 9.53. The summed E-state index contributed by atoms with van der Waals surface area (Å²) in [6.07, 6.45) is 0.854. The monoisotopic (exact) mass is 490 g/mol. The van der Waals surface area contributed by atoms with Gasteiger partial charge in [-0.3, -0.25) is 9.59 Å². The van der Waals surface area contributed by atoms with Gasteiger partial charge in [0.2, 0.25) is 11.8 Å². The summed E-state index contributed by atoms with van der Waals surface area (Å²) < 4.78 is 1.04. The van der Waals surface area contributed by atoms with Gasteiger partial charge in [0.05, 0.1) is 5.75 Å². The highest BCUT2D eigenvalue weighted by Gasteiger charge is 2.26. The van der Waals surface area contributed by atoms with Crippen LogP contribution >= 0.6 is 27.7 Å². The van der Waals surface area contributed by atoms with Crippen molar-refractivity contribution >= 4 is 39.5 Å². The number of hydrogen-bond donors (Lipinski definition) is 1. The van der Waals surface area contributed by atoms with E-state index in [0.717, 1.165) is 27.8 Å². The van der Waals surface area contributed by atoms with Gasteiger partial charge in [-0.1, -0.05) is 64.8 Å². The molecule has 162 valence electrons. The number of thioether (sulfide) groups is 1. The zero-order valence-corrected chi connectivity index (χ0v) is 20.6. The summed E-state index contributed by atoms with van der Waals surface area (Å²) >= 11 is 5.01. The van der Waals surface area contributed by atoms with E-state index in [1.54, 1.807) is 16.7 Å². The lowest BCUT2D eigenvalue weighted by Gasteiger charge is -2.29. The van der Waals surface area contributed by atoms with E-state index in [-0.39, 0.29) is 17.9 Å². The highest BCUT2D eigenvalue weighted by molar-refractivity contribution is 9.10. The maximum atomic E-state index is 13.1. The number of carbonyl (C=O) groups is 2. The Bertz CT molecular complexity index is 841. The lowest BCUT2D eigenvalue weighted by Crippen LogP contribution is -2.50. The van der Waals surface area contributed by atoms with Crippen molar-refractivity contribution in [2.45, 2.75) is 58.5 Å². The number of carbonyl (C=O) groups excluding carboxylic acids is 2. The molecular formula is C24H31BrN2O2S. The molecule has 1 N–H and O–H groups in total. The first-order valence-electron chi connectivity index (χ1n) is 10.3. The molecular weight excluding hydrogens is 460 g/mol. The van der Waals surface area contributed by atoms with Gasteiger partial charge in [-0.15, -0.1) is 11.8 Å². The largest absolute Gasteiger partial charge is 0.352 e. The smallest absolute Gasteiger partial charge is 0.242 e. The second-order valence-electron chi connectivity index (χ2n) is 7.62. The van der Waals surface area contributed by atoms with Crippen LogP contribution < -0.4 is 5.32 Å². The molecule has 30 heavy (non-hydrogen) atoms. The fourth-order valence-electron chi connectivity index (χ4n) is 2.98. The molecule has 0 aromatic heterocycles. The van der Waals surface area contributed by atoms with E-state index in [2.05, 4.69) is 27.3 Å². The third-order valence-electron chi connectivity index (χ3n) is 5.01. The molecule has 0 unspecified atom stereocenters. The quantitative estimate of drug-likeness (QED) is 0.489. The molecule has 0 heterocycles. The molecule has 0 aliphatic heterocycles. The van der Waals surface area contributed by atoms with Gasteiger partial charge in [-0.2, -0.15) is 0 Å². The topological polar surface area (TPSA) is 49.4 Å². The Kier molecular flexibility index (Phi) is 9.92. The minimum absolute atomic E-state index is 0.0228. The molecule has 2 aromatic rings. The molecule has 4 nitrogen and oxygen atoms in total. The van der Waals surface area contributed by atoms with Crippen molar-refractivity contribution in [1.29, 1.82) is 0 Å². The van der Waals surface area contributed by atoms with Gasteiger partial charge in [0.1, 0.15) is 6.04 Å². The molecule has 2 rings (SSSR count). The van der Waals surface area contributed by atoms with E-state index in [1.165, 1.54) is 5.56 Å². The highest BCUT2D eigenvalue weighted by atomic mass is 79.9. The van der Waals surface area contributed by atoms with Gasteiger partial charge in [-0.05, 0) is 50.5 Å². The van der Waals surface area contributed by atoms with Crippen molar-refractivity contribution in [1.82, 2.24) is 10.2 Å². The van der Waals surface area contributed by atoms with Crippen LogP contribution in [-0.2, 0) is 21.9 Å². The normalized spacial score (nSPS) is 12.8. The molecule has 0 saturated carbocycles. The summed E-state index contributed by atoms with van der Waals surface area (Å²) in [6.45, 7) is 8.28.